The van der Waals surface area contributed by atoms with E-state index >= 15 is 0 Å². The molecule has 0 atom stereocenters. The summed E-state index contributed by atoms with van der Waals surface area (Å²) in [6, 6.07) is 0. The molecule has 0 bridgehead atoms. The molecular weight excluding hydrogens is 217 g/mol. The van der Waals surface area contributed by atoms with Gasteiger partial charge in [0, 0.05) is 0 Å². The summed E-state index contributed by atoms with van der Waals surface area (Å²) < 4.78 is 0. The molecule has 0 N–H and O–H groups in total. The van der Waals surface area contributed by atoms with E-state index in [1.54, 1.807) is 0 Å². The molecule has 11 nitrogen and oxygen atoms in total. The number of hydrogen-bond donors (Lipinski definition) is 0. The summed E-state index contributed by atoms with van der Waals surface area (Å²) in [5.41, 5.74) is 0. The fraction of sp³-hybridized carbons (Fsp3) is 0.500. The van der Waals surface area contributed by atoms with Gasteiger partial charge in [-0.3, -0.25) is 30.3 Å². The number of carbonyl (C=O) groups excluding carboxylic acids is 1. The number of nitrogens with zero attached hydrogens (tertiary/aromatic N) is 3. The van der Waals surface area contributed by atoms with E-state index in [9.17, 15) is 40.2 Å². The number of carboxylic acids is 1. The van der Waals surface area contributed by atoms with Gasteiger partial charge in [0.05, 0.1) is 0 Å². The molecule has 0 aliphatic heterocycles. The quantitative estimate of drug-likeness (QED) is 0.194. The molecular formula is C2N3NaO8. The summed E-state index contributed by atoms with van der Waals surface area (Å²) in [5.74, 6) is -7.53. The van der Waals surface area contributed by atoms with Crippen LogP contribution in [-0.4, -0.2) is 26.5 Å². The molecule has 0 aliphatic rings. The van der Waals surface area contributed by atoms with Crippen molar-refractivity contribution < 1.29 is 54.2 Å². The van der Waals surface area contributed by atoms with Crippen molar-refractivity contribution >= 4 is 5.97 Å². The number of hydrogen-bond acceptors (Lipinski definition) is 8. The van der Waals surface area contributed by atoms with Crippen LogP contribution in [0.5, 0.6) is 0 Å². The van der Waals surface area contributed by atoms with Crippen LogP contribution >= 0.6 is 0 Å². The predicted octanol–water partition coefficient (Wildman–Crippen LogP) is -5.78. The molecule has 0 fully saturated rings. The SMILES string of the molecule is O=C([O-])C([N+](=O)[O-])([N+](=O)[O-])[N+](=O)[O-].[Na+]. The smallest absolute Gasteiger partial charge is 0.531 e. The maximum absolute atomic E-state index is 9.91. The minimum absolute atomic E-state index is 0. The van der Waals surface area contributed by atoms with Crippen molar-refractivity contribution in [2.24, 2.45) is 0 Å². The molecule has 0 saturated heterocycles. The van der Waals surface area contributed by atoms with E-state index in [1.165, 1.54) is 0 Å². The van der Waals surface area contributed by atoms with E-state index < -0.39 is 26.5 Å². The van der Waals surface area contributed by atoms with Gasteiger partial charge in [-0.05, 0) is 0 Å². The Kier molecular flexibility index (Phi) is 5.18. The standard InChI is InChI=1S/C2HN3O8.Na/c6-1(7)2(3(8)9,4(10)11)5(12)13;/h(H,6,7);/q;+1/p-1. The third-order valence-corrected chi connectivity index (χ3v) is 1.04. The molecule has 0 unspecified atom stereocenters. The van der Waals surface area contributed by atoms with Crippen molar-refractivity contribution in [2.45, 2.75) is 5.79 Å². The van der Waals surface area contributed by atoms with Gasteiger partial charge in [-0.2, -0.15) is 0 Å². The summed E-state index contributed by atoms with van der Waals surface area (Å²) in [6.45, 7) is 0. The minimum atomic E-state index is -4.53. The molecule has 12 heteroatoms. The molecule has 0 aromatic carbocycles. The average Bonchev–Trinajstić information content (AvgIpc) is 1.82. The summed E-state index contributed by atoms with van der Waals surface area (Å²) in [7, 11) is 0. The molecule has 14 heavy (non-hydrogen) atoms. The fourth-order valence-electron chi connectivity index (χ4n) is 0.424. The van der Waals surface area contributed by atoms with Crippen LogP contribution in [0.2, 0.25) is 0 Å². The fourth-order valence-corrected chi connectivity index (χ4v) is 0.424. The van der Waals surface area contributed by atoms with Gasteiger partial charge in [0.25, 0.3) is 5.97 Å². The van der Waals surface area contributed by atoms with Gasteiger partial charge >= 0.3 is 35.3 Å². The van der Waals surface area contributed by atoms with Crippen molar-refractivity contribution in [2.75, 3.05) is 0 Å². The van der Waals surface area contributed by atoms with Crippen LogP contribution in [0, 0.1) is 30.3 Å². The van der Waals surface area contributed by atoms with Crippen LogP contribution in [0.3, 0.4) is 0 Å². The zero-order valence-corrected chi connectivity index (χ0v) is 8.61. The Morgan fingerprint density at radius 3 is 1.14 bits per heavy atom. The van der Waals surface area contributed by atoms with Gasteiger partial charge < -0.3 is 9.90 Å². The van der Waals surface area contributed by atoms with Gasteiger partial charge in [-0.1, -0.05) is 0 Å². The zero-order chi connectivity index (χ0) is 10.8. The van der Waals surface area contributed by atoms with Gasteiger partial charge in [-0.15, -0.1) is 0 Å². The number of nitro groups is 3. The van der Waals surface area contributed by atoms with E-state index in [1.807, 2.05) is 0 Å². The van der Waals surface area contributed by atoms with Gasteiger partial charge in [0.1, 0.15) is 0 Å². The second-order valence-electron chi connectivity index (χ2n) is 1.69. The first kappa shape index (κ1) is 15.2. The number of rotatable bonds is 4. The molecule has 0 aliphatic carbocycles. The molecule has 0 rings (SSSR count). The Hall–Kier alpha value is -1.33. The summed E-state index contributed by atoms with van der Waals surface area (Å²) >= 11 is 0. The van der Waals surface area contributed by atoms with E-state index in [2.05, 4.69) is 0 Å². The largest absolute Gasteiger partial charge is 1.00 e. The Balaban J connectivity index is 0. The molecule has 0 spiro atoms. The maximum atomic E-state index is 9.91. The van der Waals surface area contributed by atoms with Crippen molar-refractivity contribution in [1.29, 1.82) is 0 Å². The third kappa shape index (κ3) is 1.94. The van der Waals surface area contributed by atoms with Gasteiger partial charge in [-0.25, -0.2) is 0 Å². The average molecular weight is 217 g/mol. The normalized spacial score (nSPS) is 9.71. The first-order chi connectivity index (χ1) is 5.77. The molecule has 0 radical (unpaired) electrons. The topological polar surface area (TPSA) is 170 Å². The Morgan fingerprint density at radius 1 is 0.929 bits per heavy atom. The molecule has 0 heterocycles. The van der Waals surface area contributed by atoms with Crippen LogP contribution in [0.15, 0.2) is 0 Å². The van der Waals surface area contributed by atoms with Gasteiger partial charge in [0.15, 0.2) is 14.8 Å². The summed E-state index contributed by atoms with van der Waals surface area (Å²) in [4.78, 5) is 33.0. The zero-order valence-electron chi connectivity index (χ0n) is 6.61. The number of aliphatic carboxylic acids is 1. The number of carboxylic acid groups (broad SMARTS) is 1. The monoisotopic (exact) mass is 217 g/mol. The Morgan fingerprint density at radius 2 is 1.14 bits per heavy atom. The van der Waals surface area contributed by atoms with Crippen LogP contribution in [0.4, 0.5) is 0 Å². The second-order valence-corrected chi connectivity index (χ2v) is 1.69. The van der Waals surface area contributed by atoms with Crippen molar-refractivity contribution in [3.8, 4) is 0 Å². The first-order valence-corrected chi connectivity index (χ1v) is 2.42. The first-order valence-electron chi connectivity index (χ1n) is 2.42. The Bertz CT molecular complexity index is 237. The van der Waals surface area contributed by atoms with Gasteiger partial charge in [0.2, 0.25) is 0 Å². The van der Waals surface area contributed by atoms with Crippen molar-refractivity contribution in [1.82, 2.24) is 0 Å². The van der Waals surface area contributed by atoms with Crippen molar-refractivity contribution in [3.63, 3.8) is 0 Å². The van der Waals surface area contributed by atoms with Crippen molar-refractivity contribution in [3.05, 3.63) is 30.3 Å². The van der Waals surface area contributed by atoms with Crippen LogP contribution in [-0.2, 0) is 4.79 Å². The van der Waals surface area contributed by atoms with E-state index in [-0.39, 0.29) is 29.6 Å². The van der Waals surface area contributed by atoms with E-state index in [0.29, 0.717) is 0 Å². The van der Waals surface area contributed by atoms with E-state index in [0.717, 1.165) is 0 Å². The van der Waals surface area contributed by atoms with E-state index in [4.69, 9.17) is 0 Å². The minimum Gasteiger partial charge on any atom is -0.531 e. The summed E-state index contributed by atoms with van der Waals surface area (Å²) in [5, 5.41) is 39.5. The number of carbonyl (C=O) groups is 1. The summed E-state index contributed by atoms with van der Waals surface area (Å²) in [6.07, 6.45) is 0. The second kappa shape index (κ2) is 4.78. The van der Waals surface area contributed by atoms with Crippen LogP contribution in [0.25, 0.3) is 0 Å². The van der Waals surface area contributed by atoms with Crippen LogP contribution < -0.4 is 34.7 Å². The predicted molar refractivity (Wildman–Crippen MR) is 28.7 cm³/mol. The molecule has 0 aromatic rings. The van der Waals surface area contributed by atoms with Crippen LogP contribution in [0.1, 0.15) is 0 Å². The molecule has 0 amide bonds. The molecule has 72 valence electrons. The Labute approximate surface area is 96.4 Å². The maximum Gasteiger partial charge on any atom is 1.00 e. The molecule has 0 aromatic heterocycles. The third-order valence-electron chi connectivity index (χ3n) is 1.04. The molecule has 0 saturated carbocycles.